The Bertz CT molecular complexity index is 333. The number of rotatable bonds is 3. The molecule has 0 aliphatic heterocycles. The summed E-state index contributed by atoms with van der Waals surface area (Å²) in [6, 6.07) is 7.98. The van der Waals surface area contributed by atoms with E-state index in [2.05, 4.69) is 6.92 Å². The number of hydrogen-bond acceptors (Lipinski definition) is 1. The van der Waals surface area contributed by atoms with E-state index in [1.54, 1.807) is 0 Å². The van der Waals surface area contributed by atoms with Crippen molar-refractivity contribution in [2.45, 2.75) is 26.7 Å². The van der Waals surface area contributed by atoms with E-state index in [0.717, 1.165) is 24.0 Å². The Morgan fingerprint density at radius 1 is 1.46 bits per heavy atom. The molecule has 0 spiro atoms. The lowest BCUT2D eigenvalue weighted by Crippen LogP contribution is -1.85. The Balaban J connectivity index is 2.99. The van der Waals surface area contributed by atoms with E-state index in [0.29, 0.717) is 0 Å². The van der Waals surface area contributed by atoms with Gasteiger partial charge in [0.25, 0.3) is 0 Å². The van der Waals surface area contributed by atoms with Crippen LogP contribution in [-0.4, -0.2) is 5.94 Å². The Hall–Kier alpha value is -1.33. The van der Waals surface area contributed by atoms with E-state index >= 15 is 0 Å². The number of carbonyl (C=O) groups excluding carboxylic acids is 1. The minimum atomic E-state index is 0.784. The minimum Gasteiger partial charge on any atom is -0.233 e. The summed E-state index contributed by atoms with van der Waals surface area (Å²) in [4.78, 5) is 10.6. The van der Waals surface area contributed by atoms with Gasteiger partial charge in [-0.25, -0.2) is 4.79 Å². The van der Waals surface area contributed by atoms with E-state index in [1.807, 2.05) is 37.1 Å². The van der Waals surface area contributed by atoms with E-state index in [9.17, 15) is 4.79 Å². The van der Waals surface area contributed by atoms with Crippen LogP contribution in [0.15, 0.2) is 24.3 Å². The second-order valence-electron chi connectivity index (χ2n) is 3.20. The average Bonchev–Trinajstić information content (AvgIpc) is 2.14. The van der Waals surface area contributed by atoms with Crippen LogP contribution in [-0.2, 0) is 4.79 Å². The van der Waals surface area contributed by atoms with E-state index in [4.69, 9.17) is 0 Å². The highest BCUT2D eigenvalue weighted by Gasteiger charge is 2.00. The molecule has 13 heavy (non-hydrogen) atoms. The molecule has 68 valence electrons. The predicted molar refractivity (Wildman–Crippen MR) is 55.2 cm³/mol. The van der Waals surface area contributed by atoms with Crippen molar-refractivity contribution in [2.75, 3.05) is 0 Å². The third kappa shape index (κ3) is 2.57. The quantitative estimate of drug-likeness (QED) is 0.644. The Kier molecular flexibility index (Phi) is 3.48. The highest BCUT2D eigenvalue weighted by molar-refractivity contribution is 5.87. The molecule has 0 radical (unpaired) electrons. The molecule has 0 saturated heterocycles. The smallest absolute Gasteiger partial charge is 0.128 e. The van der Waals surface area contributed by atoms with Crippen LogP contribution in [0.25, 0.3) is 5.57 Å². The van der Waals surface area contributed by atoms with Crippen molar-refractivity contribution < 1.29 is 4.79 Å². The lowest BCUT2D eigenvalue weighted by atomic mass is 10.0. The molecule has 0 bridgehead atoms. The highest BCUT2D eigenvalue weighted by Crippen LogP contribution is 2.17. The summed E-state index contributed by atoms with van der Waals surface area (Å²) in [5.41, 5.74) is 2.98. The van der Waals surface area contributed by atoms with Crippen LogP contribution >= 0.6 is 0 Å². The molecule has 0 saturated carbocycles. The molecule has 0 fully saturated rings. The van der Waals surface area contributed by atoms with Crippen molar-refractivity contribution in [1.82, 2.24) is 0 Å². The van der Waals surface area contributed by atoms with Crippen molar-refractivity contribution in [1.29, 1.82) is 0 Å². The van der Waals surface area contributed by atoms with E-state index < -0.39 is 0 Å². The van der Waals surface area contributed by atoms with Crippen LogP contribution in [0, 0.1) is 6.92 Å². The van der Waals surface area contributed by atoms with Crippen molar-refractivity contribution >= 4 is 11.5 Å². The van der Waals surface area contributed by atoms with Crippen molar-refractivity contribution in [3.63, 3.8) is 0 Å². The molecule has 0 N–H and O–H groups in total. The Morgan fingerprint density at radius 2 is 2.23 bits per heavy atom. The van der Waals surface area contributed by atoms with Gasteiger partial charge < -0.3 is 0 Å². The Labute approximate surface area is 79.1 Å². The molecule has 1 heteroatoms. The van der Waals surface area contributed by atoms with E-state index in [-0.39, 0.29) is 0 Å². The maximum atomic E-state index is 10.6. The van der Waals surface area contributed by atoms with Gasteiger partial charge in [-0.3, -0.25) is 0 Å². The third-order valence-corrected chi connectivity index (χ3v) is 1.99. The molecule has 0 heterocycles. The standard InChI is InChI=1S/C12H14O/c1-3-5-12(9-13)11-7-4-6-10(2)8-11/h4,6-8H,3,5H2,1-2H3. The molecule has 0 aliphatic rings. The lowest BCUT2D eigenvalue weighted by molar-refractivity contribution is 0.569. The van der Waals surface area contributed by atoms with Crippen LogP contribution in [0.5, 0.6) is 0 Å². The first-order valence-corrected chi connectivity index (χ1v) is 4.59. The number of aryl methyl sites for hydroxylation is 1. The molecule has 0 aromatic heterocycles. The molecule has 0 atom stereocenters. The first-order chi connectivity index (χ1) is 6.27. The zero-order valence-corrected chi connectivity index (χ0v) is 8.13. The van der Waals surface area contributed by atoms with Crippen molar-refractivity contribution in [3.8, 4) is 0 Å². The maximum absolute atomic E-state index is 10.6. The van der Waals surface area contributed by atoms with Gasteiger partial charge in [0.05, 0.1) is 0 Å². The van der Waals surface area contributed by atoms with Crippen molar-refractivity contribution in [2.24, 2.45) is 0 Å². The number of allylic oxidation sites excluding steroid dienone is 1. The zero-order valence-electron chi connectivity index (χ0n) is 8.13. The fraction of sp³-hybridized carbons (Fsp3) is 0.333. The van der Waals surface area contributed by atoms with Gasteiger partial charge >= 0.3 is 0 Å². The van der Waals surface area contributed by atoms with Crippen LogP contribution in [0.3, 0.4) is 0 Å². The summed E-state index contributed by atoms with van der Waals surface area (Å²) < 4.78 is 0. The third-order valence-electron chi connectivity index (χ3n) is 1.99. The topological polar surface area (TPSA) is 17.1 Å². The molecule has 1 aromatic carbocycles. The van der Waals surface area contributed by atoms with Gasteiger partial charge in [-0.2, -0.15) is 0 Å². The van der Waals surface area contributed by atoms with Gasteiger partial charge in [-0.15, -0.1) is 0 Å². The van der Waals surface area contributed by atoms with Gasteiger partial charge in [0.2, 0.25) is 0 Å². The van der Waals surface area contributed by atoms with E-state index in [1.165, 1.54) is 5.56 Å². The molecule has 1 rings (SSSR count). The minimum absolute atomic E-state index is 0.784. The largest absolute Gasteiger partial charge is 0.233 e. The van der Waals surface area contributed by atoms with Crippen LogP contribution < -0.4 is 0 Å². The van der Waals surface area contributed by atoms with Gasteiger partial charge in [0.15, 0.2) is 0 Å². The molecule has 1 aromatic rings. The fourth-order valence-corrected chi connectivity index (χ4v) is 1.34. The number of hydrogen-bond donors (Lipinski definition) is 0. The molecule has 0 unspecified atom stereocenters. The molecule has 0 aliphatic carbocycles. The highest BCUT2D eigenvalue weighted by atomic mass is 16.1. The SMILES string of the molecule is CCCC(=C=O)c1cccc(C)c1. The number of benzene rings is 1. The van der Waals surface area contributed by atoms with Gasteiger partial charge in [-0.1, -0.05) is 43.2 Å². The maximum Gasteiger partial charge on any atom is 0.128 e. The summed E-state index contributed by atoms with van der Waals surface area (Å²) in [6.07, 6.45) is 1.80. The normalized spacial score (nSPS) is 9.38. The molecule has 0 amide bonds. The molecule has 1 nitrogen and oxygen atoms in total. The zero-order chi connectivity index (χ0) is 9.68. The Morgan fingerprint density at radius 3 is 2.77 bits per heavy atom. The van der Waals surface area contributed by atoms with Gasteiger partial charge in [0, 0.05) is 5.57 Å². The fourth-order valence-electron chi connectivity index (χ4n) is 1.34. The monoisotopic (exact) mass is 174 g/mol. The van der Waals surface area contributed by atoms with Crippen LogP contribution in [0.2, 0.25) is 0 Å². The first kappa shape index (κ1) is 9.76. The van der Waals surface area contributed by atoms with Crippen LogP contribution in [0.4, 0.5) is 0 Å². The van der Waals surface area contributed by atoms with Crippen molar-refractivity contribution in [3.05, 3.63) is 35.4 Å². The summed E-state index contributed by atoms with van der Waals surface area (Å²) >= 11 is 0. The summed E-state index contributed by atoms with van der Waals surface area (Å²) in [5.74, 6) is 2.01. The molecular weight excluding hydrogens is 160 g/mol. The molecular formula is C12H14O. The van der Waals surface area contributed by atoms with Gasteiger partial charge in [0.1, 0.15) is 5.94 Å². The second-order valence-corrected chi connectivity index (χ2v) is 3.20. The first-order valence-electron chi connectivity index (χ1n) is 4.59. The summed E-state index contributed by atoms with van der Waals surface area (Å²) in [7, 11) is 0. The van der Waals surface area contributed by atoms with Gasteiger partial charge in [-0.05, 0) is 18.9 Å². The summed E-state index contributed by atoms with van der Waals surface area (Å²) in [6.45, 7) is 4.09. The van der Waals surface area contributed by atoms with Crippen LogP contribution in [0.1, 0.15) is 30.9 Å². The lowest BCUT2D eigenvalue weighted by Gasteiger charge is -2.02. The summed E-state index contributed by atoms with van der Waals surface area (Å²) in [5, 5.41) is 0. The predicted octanol–water partition coefficient (Wildman–Crippen LogP) is 3.01. The second kappa shape index (κ2) is 4.64. The average molecular weight is 174 g/mol.